The van der Waals surface area contributed by atoms with Gasteiger partial charge in [0.1, 0.15) is 0 Å². The molecule has 0 saturated carbocycles. The third-order valence-electron chi connectivity index (χ3n) is 3.62. The summed E-state index contributed by atoms with van der Waals surface area (Å²) >= 11 is 1.84. The lowest BCUT2D eigenvalue weighted by Crippen LogP contribution is -2.27. The second-order valence-corrected chi connectivity index (χ2v) is 6.59. The van der Waals surface area contributed by atoms with Crippen LogP contribution in [0.1, 0.15) is 22.3 Å². The summed E-state index contributed by atoms with van der Waals surface area (Å²) < 4.78 is 0. The Morgan fingerprint density at radius 1 is 1.00 bits per heavy atom. The first-order valence-corrected chi connectivity index (χ1v) is 8.75. The van der Waals surface area contributed by atoms with Crippen LogP contribution < -0.4 is 5.32 Å². The van der Waals surface area contributed by atoms with Crippen molar-refractivity contribution in [2.24, 2.45) is 0 Å². The minimum Gasteiger partial charge on any atom is -0.355 e. The van der Waals surface area contributed by atoms with Gasteiger partial charge >= 0.3 is 0 Å². The molecule has 2 aromatic carbocycles. The zero-order valence-corrected chi connectivity index (χ0v) is 14.1. The lowest BCUT2D eigenvalue weighted by atomic mass is 10.0. The van der Waals surface area contributed by atoms with Crippen molar-refractivity contribution in [1.82, 2.24) is 5.32 Å². The van der Waals surface area contributed by atoms with E-state index in [1.54, 1.807) is 0 Å². The molecule has 0 radical (unpaired) electrons. The smallest absolute Gasteiger partial charge is 0.224 e. The largest absolute Gasteiger partial charge is 0.355 e. The summed E-state index contributed by atoms with van der Waals surface area (Å²) in [5.41, 5.74) is 4.91. The van der Waals surface area contributed by atoms with Gasteiger partial charge in [-0.05, 0) is 36.1 Å². The van der Waals surface area contributed by atoms with Crippen molar-refractivity contribution in [2.75, 3.05) is 12.3 Å². The number of aryl methyl sites for hydroxylation is 2. The molecule has 0 saturated heterocycles. The van der Waals surface area contributed by atoms with Crippen molar-refractivity contribution < 1.29 is 4.79 Å². The van der Waals surface area contributed by atoms with Crippen LogP contribution in [0.4, 0.5) is 0 Å². The van der Waals surface area contributed by atoms with Crippen LogP contribution in [0.15, 0.2) is 48.5 Å². The van der Waals surface area contributed by atoms with Crippen LogP contribution in [-0.2, 0) is 17.0 Å². The normalized spacial score (nSPS) is 10.5. The topological polar surface area (TPSA) is 29.1 Å². The highest BCUT2D eigenvalue weighted by atomic mass is 32.2. The number of rotatable bonds is 7. The summed E-state index contributed by atoms with van der Waals surface area (Å²) in [7, 11) is 0. The van der Waals surface area contributed by atoms with Gasteiger partial charge in [0, 0.05) is 18.1 Å². The molecule has 116 valence electrons. The van der Waals surface area contributed by atoms with Gasteiger partial charge in [0.2, 0.25) is 5.91 Å². The van der Waals surface area contributed by atoms with Crippen molar-refractivity contribution in [2.45, 2.75) is 26.0 Å². The second-order valence-electron chi connectivity index (χ2n) is 5.48. The fraction of sp³-hybridized carbons (Fsp3) is 0.316. The Morgan fingerprint density at radius 2 is 1.77 bits per heavy atom. The number of benzene rings is 2. The first kappa shape index (κ1) is 16.6. The van der Waals surface area contributed by atoms with Gasteiger partial charge in [-0.25, -0.2) is 0 Å². The molecule has 0 spiro atoms. The number of thioether (sulfide) groups is 1. The molecule has 22 heavy (non-hydrogen) atoms. The van der Waals surface area contributed by atoms with E-state index in [4.69, 9.17) is 0 Å². The van der Waals surface area contributed by atoms with Crippen LogP contribution >= 0.6 is 11.8 Å². The Kier molecular flexibility index (Phi) is 6.53. The van der Waals surface area contributed by atoms with Gasteiger partial charge in [-0.3, -0.25) is 4.79 Å². The Balaban J connectivity index is 1.64. The van der Waals surface area contributed by atoms with Crippen LogP contribution in [0.25, 0.3) is 0 Å². The summed E-state index contributed by atoms with van der Waals surface area (Å²) in [6, 6.07) is 16.6. The molecule has 0 atom stereocenters. The average Bonchev–Trinajstić information content (AvgIpc) is 2.52. The predicted octanol–water partition coefficient (Wildman–Crippen LogP) is 3.90. The summed E-state index contributed by atoms with van der Waals surface area (Å²) in [4.78, 5) is 11.9. The molecule has 0 fully saturated rings. The molecule has 0 bridgehead atoms. The standard InChI is InChI=1S/C19H23NOS/c1-15-8-9-18(12-16(15)2)13-19(21)20-10-11-22-14-17-6-4-3-5-7-17/h3-9,12H,10-11,13-14H2,1-2H3,(H,20,21). The number of hydrogen-bond acceptors (Lipinski definition) is 2. The summed E-state index contributed by atoms with van der Waals surface area (Å²) in [5, 5.41) is 2.99. The maximum atomic E-state index is 11.9. The molecular formula is C19H23NOS. The maximum Gasteiger partial charge on any atom is 0.224 e. The number of hydrogen-bond donors (Lipinski definition) is 1. The first-order valence-electron chi connectivity index (χ1n) is 7.59. The molecule has 0 aliphatic rings. The van der Waals surface area contributed by atoms with E-state index >= 15 is 0 Å². The molecule has 0 unspecified atom stereocenters. The Morgan fingerprint density at radius 3 is 2.50 bits per heavy atom. The van der Waals surface area contributed by atoms with Crippen LogP contribution in [0.2, 0.25) is 0 Å². The maximum absolute atomic E-state index is 11.9. The Labute approximate surface area is 137 Å². The summed E-state index contributed by atoms with van der Waals surface area (Å²) in [5.74, 6) is 2.03. The molecule has 2 nitrogen and oxygen atoms in total. The molecule has 0 aromatic heterocycles. The van der Waals surface area contributed by atoms with Gasteiger partial charge in [0.25, 0.3) is 0 Å². The van der Waals surface area contributed by atoms with E-state index < -0.39 is 0 Å². The van der Waals surface area contributed by atoms with Crippen LogP contribution in [0, 0.1) is 13.8 Å². The number of carbonyl (C=O) groups is 1. The van der Waals surface area contributed by atoms with E-state index in [0.29, 0.717) is 6.42 Å². The highest BCUT2D eigenvalue weighted by Gasteiger charge is 2.04. The number of nitrogens with one attached hydrogen (secondary N) is 1. The lowest BCUT2D eigenvalue weighted by Gasteiger charge is -2.07. The first-order chi connectivity index (χ1) is 10.6. The van der Waals surface area contributed by atoms with Gasteiger partial charge < -0.3 is 5.32 Å². The molecule has 0 aliphatic carbocycles. The van der Waals surface area contributed by atoms with Gasteiger partial charge in [0.05, 0.1) is 6.42 Å². The highest BCUT2D eigenvalue weighted by Crippen LogP contribution is 2.11. The molecule has 2 rings (SSSR count). The van der Waals surface area contributed by atoms with E-state index in [1.165, 1.54) is 16.7 Å². The lowest BCUT2D eigenvalue weighted by molar-refractivity contribution is -0.120. The molecule has 1 amide bonds. The van der Waals surface area contributed by atoms with Crippen molar-refractivity contribution in [3.05, 3.63) is 70.8 Å². The van der Waals surface area contributed by atoms with Crippen LogP contribution in [0.3, 0.4) is 0 Å². The average molecular weight is 313 g/mol. The van der Waals surface area contributed by atoms with E-state index in [2.05, 4.69) is 55.6 Å². The van der Waals surface area contributed by atoms with E-state index in [1.807, 2.05) is 23.9 Å². The zero-order chi connectivity index (χ0) is 15.8. The Hall–Kier alpha value is -1.74. The van der Waals surface area contributed by atoms with Crippen molar-refractivity contribution in [3.63, 3.8) is 0 Å². The van der Waals surface area contributed by atoms with Gasteiger partial charge in [-0.1, -0.05) is 48.5 Å². The predicted molar refractivity (Wildman–Crippen MR) is 95.2 cm³/mol. The highest BCUT2D eigenvalue weighted by molar-refractivity contribution is 7.98. The minimum absolute atomic E-state index is 0.101. The molecular weight excluding hydrogens is 290 g/mol. The molecule has 3 heteroatoms. The molecule has 0 aliphatic heterocycles. The van der Waals surface area contributed by atoms with Crippen molar-refractivity contribution >= 4 is 17.7 Å². The van der Waals surface area contributed by atoms with Gasteiger partial charge in [-0.2, -0.15) is 11.8 Å². The monoisotopic (exact) mass is 313 g/mol. The minimum atomic E-state index is 0.101. The molecule has 0 heterocycles. The van der Waals surface area contributed by atoms with Crippen molar-refractivity contribution in [3.8, 4) is 0 Å². The SMILES string of the molecule is Cc1ccc(CC(=O)NCCSCc2ccccc2)cc1C. The molecule has 1 N–H and O–H groups in total. The third kappa shape index (κ3) is 5.57. The van der Waals surface area contributed by atoms with Crippen molar-refractivity contribution in [1.29, 1.82) is 0 Å². The third-order valence-corrected chi connectivity index (χ3v) is 4.65. The second kappa shape index (κ2) is 8.64. The Bertz CT molecular complexity index is 610. The fourth-order valence-corrected chi connectivity index (χ4v) is 3.01. The number of carbonyl (C=O) groups excluding carboxylic acids is 1. The summed E-state index contributed by atoms with van der Waals surface area (Å²) in [6.45, 7) is 4.89. The fourth-order valence-electron chi connectivity index (χ4n) is 2.19. The van der Waals surface area contributed by atoms with Crippen LogP contribution in [0.5, 0.6) is 0 Å². The zero-order valence-electron chi connectivity index (χ0n) is 13.3. The van der Waals surface area contributed by atoms with Gasteiger partial charge in [-0.15, -0.1) is 0 Å². The van der Waals surface area contributed by atoms with Gasteiger partial charge in [0.15, 0.2) is 0 Å². The quantitative estimate of drug-likeness (QED) is 0.786. The van der Waals surface area contributed by atoms with E-state index in [9.17, 15) is 4.79 Å². The van der Waals surface area contributed by atoms with Crippen LogP contribution in [-0.4, -0.2) is 18.2 Å². The van der Waals surface area contributed by atoms with E-state index in [-0.39, 0.29) is 5.91 Å². The summed E-state index contributed by atoms with van der Waals surface area (Å²) in [6.07, 6.45) is 0.463. The van der Waals surface area contributed by atoms with E-state index in [0.717, 1.165) is 23.6 Å². The number of amides is 1. The molecule has 2 aromatic rings.